The van der Waals surface area contributed by atoms with Crippen LogP contribution in [0.2, 0.25) is 0 Å². The summed E-state index contributed by atoms with van der Waals surface area (Å²) in [5.74, 6) is -0.0532. The van der Waals surface area contributed by atoms with Crippen molar-refractivity contribution in [3.63, 3.8) is 0 Å². The summed E-state index contributed by atoms with van der Waals surface area (Å²) in [7, 11) is 0. The maximum atomic E-state index is 11.8. The number of hydrogen-bond donors (Lipinski definition) is 2. The molecule has 0 radical (unpaired) electrons. The van der Waals surface area contributed by atoms with Gasteiger partial charge in [0, 0.05) is 31.7 Å². The van der Waals surface area contributed by atoms with E-state index in [0.717, 1.165) is 26.2 Å². The van der Waals surface area contributed by atoms with Crippen molar-refractivity contribution in [3.05, 3.63) is 0 Å². The first kappa shape index (κ1) is 13.9. The van der Waals surface area contributed by atoms with Gasteiger partial charge in [-0.3, -0.25) is 9.69 Å². The van der Waals surface area contributed by atoms with E-state index < -0.39 is 0 Å². The van der Waals surface area contributed by atoms with Crippen LogP contribution in [0.3, 0.4) is 0 Å². The van der Waals surface area contributed by atoms with E-state index in [9.17, 15) is 4.79 Å². The predicted molar refractivity (Wildman–Crippen MR) is 66.4 cm³/mol. The van der Waals surface area contributed by atoms with Crippen LogP contribution in [0.15, 0.2) is 0 Å². The number of piperazine rings is 1. The molecular formula is C12H22N4O. The Balaban J connectivity index is 2.46. The predicted octanol–water partition coefficient (Wildman–Crippen LogP) is 0.0886. The van der Waals surface area contributed by atoms with Crippen molar-refractivity contribution >= 4 is 5.91 Å². The molecule has 0 aromatic rings. The highest BCUT2D eigenvalue weighted by molar-refractivity contribution is 5.77. The fraction of sp³-hybridized carbons (Fsp3) is 0.833. The van der Waals surface area contributed by atoms with Gasteiger partial charge < -0.3 is 10.6 Å². The van der Waals surface area contributed by atoms with Crippen LogP contribution in [0.25, 0.3) is 0 Å². The molecule has 1 aliphatic rings. The smallest absolute Gasteiger partial charge is 0.223 e. The van der Waals surface area contributed by atoms with Gasteiger partial charge in [0.2, 0.25) is 5.91 Å². The fourth-order valence-corrected chi connectivity index (χ4v) is 1.90. The average molecular weight is 238 g/mol. The molecule has 5 heteroatoms. The summed E-state index contributed by atoms with van der Waals surface area (Å²) in [4.78, 5) is 13.8. The van der Waals surface area contributed by atoms with E-state index in [-0.39, 0.29) is 23.9 Å². The Morgan fingerprint density at radius 1 is 1.47 bits per heavy atom. The second kappa shape index (κ2) is 5.99. The standard InChI is InChI=1S/C12H22N4O/c1-12(2,3)15-11(17)8-10(9-13)16-6-4-14-5-7-16/h10,14H,4-8H2,1-3H3,(H,15,17). The molecule has 17 heavy (non-hydrogen) atoms. The second-order valence-corrected chi connectivity index (χ2v) is 5.43. The Bertz CT molecular complexity index is 297. The molecule has 1 rings (SSSR count). The number of carbonyl (C=O) groups is 1. The monoisotopic (exact) mass is 238 g/mol. The number of nitrogens with one attached hydrogen (secondary N) is 2. The van der Waals surface area contributed by atoms with Crippen LogP contribution in [0.1, 0.15) is 27.2 Å². The van der Waals surface area contributed by atoms with Gasteiger partial charge in [-0.25, -0.2) is 0 Å². The van der Waals surface area contributed by atoms with Crippen molar-refractivity contribution in [2.45, 2.75) is 38.8 Å². The molecule has 1 amide bonds. The summed E-state index contributed by atoms with van der Waals surface area (Å²) < 4.78 is 0. The first-order valence-corrected chi connectivity index (χ1v) is 6.08. The zero-order valence-corrected chi connectivity index (χ0v) is 10.9. The largest absolute Gasteiger partial charge is 0.351 e. The van der Waals surface area contributed by atoms with Gasteiger partial charge in [0.15, 0.2) is 0 Å². The zero-order valence-electron chi connectivity index (χ0n) is 10.9. The van der Waals surface area contributed by atoms with E-state index in [1.807, 2.05) is 20.8 Å². The van der Waals surface area contributed by atoms with Crippen LogP contribution >= 0.6 is 0 Å². The number of amides is 1. The second-order valence-electron chi connectivity index (χ2n) is 5.43. The highest BCUT2D eigenvalue weighted by atomic mass is 16.1. The Morgan fingerprint density at radius 2 is 2.06 bits per heavy atom. The van der Waals surface area contributed by atoms with E-state index in [1.165, 1.54) is 0 Å². The van der Waals surface area contributed by atoms with Crippen molar-refractivity contribution in [3.8, 4) is 6.07 Å². The summed E-state index contributed by atoms with van der Waals surface area (Å²) >= 11 is 0. The molecule has 1 saturated heterocycles. The molecule has 0 aliphatic carbocycles. The molecule has 1 fully saturated rings. The molecule has 1 aliphatic heterocycles. The molecular weight excluding hydrogens is 216 g/mol. The molecule has 0 aromatic heterocycles. The fourth-order valence-electron chi connectivity index (χ4n) is 1.90. The van der Waals surface area contributed by atoms with Crippen molar-refractivity contribution < 1.29 is 4.79 Å². The molecule has 2 N–H and O–H groups in total. The van der Waals surface area contributed by atoms with E-state index >= 15 is 0 Å². The van der Waals surface area contributed by atoms with Gasteiger partial charge in [0.1, 0.15) is 6.04 Å². The molecule has 1 unspecified atom stereocenters. The van der Waals surface area contributed by atoms with Crippen LogP contribution in [-0.2, 0) is 4.79 Å². The van der Waals surface area contributed by atoms with Gasteiger partial charge in [0.25, 0.3) is 0 Å². The summed E-state index contributed by atoms with van der Waals surface area (Å²) in [5, 5.41) is 15.3. The molecule has 1 atom stereocenters. The molecule has 0 spiro atoms. The number of rotatable bonds is 3. The Hall–Kier alpha value is -1.12. The Morgan fingerprint density at radius 3 is 2.53 bits per heavy atom. The van der Waals surface area contributed by atoms with Crippen LogP contribution < -0.4 is 10.6 Å². The SMILES string of the molecule is CC(C)(C)NC(=O)CC(C#N)N1CCNCC1. The van der Waals surface area contributed by atoms with Crippen molar-refractivity contribution in [1.29, 1.82) is 5.26 Å². The maximum Gasteiger partial charge on any atom is 0.223 e. The van der Waals surface area contributed by atoms with Gasteiger partial charge >= 0.3 is 0 Å². The lowest BCUT2D eigenvalue weighted by Crippen LogP contribution is -2.50. The zero-order chi connectivity index (χ0) is 12.9. The van der Waals surface area contributed by atoms with Crippen LogP contribution in [-0.4, -0.2) is 48.6 Å². The van der Waals surface area contributed by atoms with Crippen LogP contribution in [0, 0.1) is 11.3 Å². The highest BCUT2D eigenvalue weighted by Crippen LogP contribution is 2.07. The third-order valence-corrected chi connectivity index (χ3v) is 2.63. The van der Waals surface area contributed by atoms with Gasteiger partial charge in [-0.05, 0) is 20.8 Å². The average Bonchev–Trinajstić information content (AvgIpc) is 2.24. The van der Waals surface area contributed by atoms with Crippen molar-refractivity contribution in [1.82, 2.24) is 15.5 Å². The minimum Gasteiger partial charge on any atom is -0.351 e. The van der Waals surface area contributed by atoms with Crippen molar-refractivity contribution in [2.75, 3.05) is 26.2 Å². The third-order valence-electron chi connectivity index (χ3n) is 2.63. The third kappa shape index (κ3) is 5.16. The van der Waals surface area contributed by atoms with Crippen LogP contribution in [0.4, 0.5) is 0 Å². The van der Waals surface area contributed by atoms with Crippen molar-refractivity contribution in [2.24, 2.45) is 0 Å². The highest BCUT2D eigenvalue weighted by Gasteiger charge is 2.24. The number of hydrogen-bond acceptors (Lipinski definition) is 4. The first-order valence-electron chi connectivity index (χ1n) is 6.08. The topological polar surface area (TPSA) is 68.2 Å². The Labute approximate surface area is 103 Å². The lowest BCUT2D eigenvalue weighted by molar-refractivity contribution is -0.123. The minimum absolute atomic E-state index is 0.0532. The summed E-state index contributed by atoms with van der Waals surface area (Å²) in [6.07, 6.45) is 0.258. The molecule has 0 saturated carbocycles. The summed E-state index contributed by atoms with van der Waals surface area (Å²) in [6, 6.07) is 1.92. The van der Waals surface area contributed by atoms with Gasteiger partial charge in [-0.2, -0.15) is 5.26 Å². The molecule has 0 aromatic carbocycles. The molecule has 96 valence electrons. The van der Waals surface area contributed by atoms with E-state index in [2.05, 4.69) is 21.6 Å². The van der Waals surface area contributed by atoms with E-state index in [1.54, 1.807) is 0 Å². The molecule has 5 nitrogen and oxygen atoms in total. The lowest BCUT2D eigenvalue weighted by atomic mass is 10.1. The number of carbonyl (C=O) groups excluding carboxylic acids is 1. The van der Waals surface area contributed by atoms with Gasteiger partial charge in [-0.1, -0.05) is 0 Å². The van der Waals surface area contributed by atoms with E-state index in [0.29, 0.717) is 0 Å². The van der Waals surface area contributed by atoms with Gasteiger partial charge in [-0.15, -0.1) is 0 Å². The molecule has 1 heterocycles. The summed E-state index contributed by atoms with van der Waals surface area (Å²) in [6.45, 7) is 9.27. The minimum atomic E-state index is -0.306. The Kier molecular flexibility index (Phi) is 4.91. The molecule has 0 bridgehead atoms. The van der Waals surface area contributed by atoms with Gasteiger partial charge in [0.05, 0.1) is 12.5 Å². The summed E-state index contributed by atoms with van der Waals surface area (Å²) in [5.41, 5.74) is -0.236. The normalized spacial score (nSPS) is 19.4. The number of nitrogens with zero attached hydrogens (tertiary/aromatic N) is 2. The number of nitriles is 1. The quantitative estimate of drug-likeness (QED) is 0.731. The van der Waals surface area contributed by atoms with E-state index in [4.69, 9.17) is 5.26 Å². The maximum absolute atomic E-state index is 11.8. The van der Waals surface area contributed by atoms with Crippen LogP contribution in [0.5, 0.6) is 0 Å². The lowest BCUT2D eigenvalue weighted by Gasteiger charge is -2.31. The first-order chi connectivity index (χ1) is 7.92.